The minimum absolute atomic E-state index is 0.0488. The van der Waals surface area contributed by atoms with Gasteiger partial charge in [-0.3, -0.25) is 14.9 Å². The Bertz CT molecular complexity index is 735. The molecule has 0 atom stereocenters. The van der Waals surface area contributed by atoms with E-state index >= 15 is 0 Å². The van der Waals surface area contributed by atoms with Crippen LogP contribution in [0.5, 0.6) is 0 Å². The third kappa shape index (κ3) is 3.80. The second kappa shape index (κ2) is 7.27. The van der Waals surface area contributed by atoms with Gasteiger partial charge in [0.1, 0.15) is 0 Å². The lowest BCUT2D eigenvalue weighted by molar-refractivity contribution is 0.0792. The molecule has 1 aliphatic rings. The number of nitrogens with zero attached hydrogens (tertiary/aromatic N) is 1. The molecule has 1 aliphatic heterocycles. The number of hydrogen-bond donors (Lipinski definition) is 2. The molecular formula is C17H17N3O3S. The average Bonchev–Trinajstić information content (AvgIpc) is 3.28. The molecule has 7 heteroatoms. The van der Waals surface area contributed by atoms with Crippen LogP contribution in [0.15, 0.2) is 47.1 Å². The van der Waals surface area contributed by atoms with Crippen LogP contribution in [0.25, 0.3) is 0 Å². The molecule has 2 N–H and O–H groups in total. The van der Waals surface area contributed by atoms with Gasteiger partial charge in [0.05, 0.1) is 6.26 Å². The molecule has 2 aromatic rings. The van der Waals surface area contributed by atoms with Crippen molar-refractivity contribution in [2.75, 3.05) is 18.4 Å². The summed E-state index contributed by atoms with van der Waals surface area (Å²) in [5, 5.41) is 5.59. The van der Waals surface area contributed by atoms with Crippen LogP contribution in [0.2, 0.25) is 0 Å². The summed E-state index contributed by atoms with van der Waals surface area (Å²) in [5.74, 6) is -0.184. The van der Waals surface area contributed by atoms with Gasteiger partial charge < -0.3 is 14.6 Å². The van der Waals surface area contributed by atoms with Crippen molar-refractivity contribution < 1.29 is 14.0 Å². The van der Waals surface area contributed by atoms with Gasteiger partial charge >= 0.3 is 0 Å². The third-order valence-electron chi connectivity index (χ3n) is 3.76. The van der Waals surface area contributed by atoms with Crippen LogP contribution in [-0.4, -0.2) is 34.9 Å². The summed E-state index contributed by atoms with van der Waals surface area (Å²) in [6.07, 6.45) is 3.55. The van der Waals surface area contributed by atoms with E-state index in [2.05, 4.69) is 10.6 Å². The number of anilines is 1. The highest BCUT2D eigenvalue weighted by Gasteiger charge is 2.19. The maximum atomic E-state index is 12.3. The van der Waals surface area contributed by atoms with Crippen LogP contribution in [0.4, 0.5) is 5.69 Å². The first kappa shape index (κ1) is 16.2. The number of thiocarbonyl (C=S) groups is 1. The summed E-state index contributed by atoms with van der Waals surface area (Å²) in [7, 11) is 0. The summed E-state index contributed by atoms with van der Waals surface area (Å²) < 4.78 is 5.00. The van der Waals surface area contributed by atoms with Gasteiger partial charge in [0.15, 0.2) is 10.9 Å². The SMILES string of the molecule is O=C(NC(=S)Nc1ccc(C(=O)N2CCCC2)cc1)c1ccco1. The Morgan fingerprint density at radius 1 is 1.08 bits per heavy atom. The van der Waals surface area contributed by atoms with Crippen molar-refractivity contribution in [2.24, 2.45) is 0 Å². The molecule has 0 aliphatic carbocycles. The lowest BCUT2D eigenvalue weighted by atomic mass is 10.2. The Kier molecular flexibility index (Phi) is 4.90. The van der Waals surface area contributed by atoms with Crippen molar-refractivity contribution >= 4 is 34.8 Å². The lowest BCUT2D eigenvalue weighted by Crippen LogP contribution is -2.33. The van der Waals surface area contributed by atoms with Gasteiger partial charge in [0.2, 0.25) is 0 Å². The van der Waals surface area contributed by atoms with Crippen molar-refractivity contribution in [3.8, 4) is 0 Å². The van der Waals surface area contributed by atoms with Crippen LogP contribution in [0.3, 0.4) is 0 Å². The van der Waals surface area contributed by atoms with Gasteiger partial charge in [-0.2, -0.15) is 0 Å². The first-order valence-corrected chi connectivity index (χ1v) is 8.09. The monoisotopic (exact) mass is 343 g/mol. The molecule has 0 unspecified atom stereocenters. The molecule has 2 amide bonds. The largest absolute Gasteiger partial charge is 0.459 e. The second-order valence-electron chi connectivity index (χ2n) is 5.46. The molecule has 1 aromatic heterocycles. The Morgan fingerprint density at radius 3 is 2.42 bits per heavy atom. The zero-order valence-corrected chi connectivity index (χ0v) is 13.8. The van der Waals surface area contributed by atoms with Gasteiger partial charge in [0, 0.05) is 24.3 Å². The van der Waals surface area contributed by atoms with Crippen LogP contribution in [0, 0.1) is 0 Å². The zero-order valence-electron chi connectivity index (χ0n) is 13.0. The molecule has 0 spiro atoms. The van der Waals surface area contributed by atoms with E-state index in [0.717, 1.165) is 25.9 Å². The van der Waals surface area contributed by atoms with Crippen LogP contribution in [-0.2, 0) is 0 Å². The number of likely N-dealkylation sites (tertiary alicyclic amines) is 1. The minimum Gasteiger partial charge on any atom is -0.459 e. The Balaban J connectivity index is 1.56. The van der Waals surface area contributed by atoms with E-state index in [0.29, 0.717) is 11.3 Å². The highest BCUT2D eigenvalue weighted by molar-refractivity contribution is 7.80. The first-order valence-electron chi connectivity index (χ1n) is 7.68. The molecule has 1 aromatic carbocycles. The van der Waals surface area contributed by atoms with Crippen molar-refractivity contribution in [3.05, 3.63) is 54.0 Å². The highest BCUT2D eigenvalue weighted by Crippen LogP contribution is 2.15. The molecular weight excluding hydrogens is 326 g/mol. The maximum Gasteiger partial charge on any atom is 0.293 e. The quantitative estimate of drug-likeness (QED) is 0.838. The van der Waals surface area contributed by atoms with E-state index in [-0.39, 0.29) is 16.8 Å². The van der Waals surface area contributed by atoms with Crippen LogP contribution in [0.1, 0.15) is 33.8 Å². The molecule has 1 saturated heterocycles. The summed E-state index contributed by atoms with van der Waals surface area (Å²) in [6, 6.07) is 10.2. The van der Waals surface area contributed by atoms with E-state index in [9.17, 15) is 9.59 Å². The summed E-state index contributed by atoms with van der Waals surface area (Å²) in [5.41, 5.74) is 1.34. The molecule has 2 heterocycles. The topological polar surface area (TPSA) is 74.6 Å². The number of nitrogens with one attached hydrogen (secondary N) is 2. The Morgan fingerprint density at radius 2 is 1.79 bits per heavy atom. The summed E-state index contributed by atoms with van der Waals surface area (Å²) >= 11 is 5.10. The number of furan rings is 1. The normalized spacial score (nSPS) is 13.6. The smallest absolute Gasteiger partial charge is 0.293 e. The molecule has 0 radical (unpaired) electrons. The molecule has 6 nitrogen and oxygen atoms in total. The van der Waals surface area contributed by atoms with Gasteiger partial charge in [-0.25, -0.2) is 0 Å². The zero-order chi connectivity index (χ0) is 16.9. The Hall–Kier alpha value is -2.67. The molecule has 1 fully saturated rings. The fourth-order valence-corrected chi connectivity index (χ4v) is 2.74. The van der Waals surface area contributed by atoms with E-state index in [1.165, 1.54) is 6.26 Å². The van der Waals surface area contributed by atoms with E-state index in [1.54, 1.807) is 36.4 Å². The molecule has 124 valence electrons. The number of hydrogen-bond acceptors (Lipinski definition) is 4. The first-order chi connectivity index (χ1) is 11.6. The number of amides is 2. The number of rotatable bonds is 3. The molecule has 3 rings (SSSR count). The van der Waals surface area contributed by atoms with E-state index in [4.69, 9.17) is 16.6 Å². The van der Waals surface area contributed by atoms with Crippen molar-refractivity contribution in [2.45, 2.75) is 12.8 Å². The van der Waals surface area contributed by atoms with Crippen LogP contribution < -0.4 is 10.6 Å². The van der Waals surface area contributed by atoms with Crippen molar-refractivity contribution in [3.63, 3.8) is 0 Å². The minimum atomic E-state index is -0.418. The van der Waals surface area contributed by atoms with Gasteiger partial charge in [-0.1, -0.05) is 0 Å². The number of carbonyl (C=O) groups is 2. The van der Waals surface area contributed by atoms with Crippen molar-refractivity contribution in [1.29, 1.82) is 0 Å². The fraction of sp³-hybridized carbons (Fsp3) is 0.235. The van der Waals surface area contributed by atoms with E-state index in [1.807, 2.05) is 4.90 Å². The predicted octanol–water partition coefficient (Wildman–Crippen LogP) is 2.64. The average molecular weight is 343 g/mol. The molecule has 0 bridgehead atoms. The van der Waals surface area contributed by atoms with Gasteiger partial charge in [0.25, 0.3) is 11.8 Å². The summed E-state index contributed by atoms with van der Waals surface area (Å²) in [6.45, 7) is 1.64. The Labute approximate surface area is 144 Å². The standard InChI is InChI=1S/C17H17N3O3S/c21-15(14-4-3-11-23-14)19-17(24)18-13-7-5-12(6-8-13)16(22)20-9-1-2-10-20/h3-8,11H,1-2,9-10H2,(H2,18,19,21,24). The fourth-order valence-electron chi connectivity index (χ4n) is 2.53. The van der Waals surface area contributed by atoms with Gasteiger partial charge in [-0.05, 0) is 61.5 Å². The van der Waals surface area contributed by atoms with Crippen molar-refractivity contribution in [1.82, 2.24) is 10.2 Å². The van der Waals surface area contributed by atoms with Gasteiger partial charge in [-0.15, -0.1) is 0 Å². The highest BCUT2D eigenvalue weighted by atomic mass is 32.1. The number of benzene rings is 1. The molecule has 24 heavy (non-hydrogen) atoms. The second-order valence-corrected chi connectivity index (χ2v) is 5.87. The van der Waals surface area contributed by atoms with Crippen LogP contribution >= 0.6 is 12.2 Å². The third-order valence-corrected chi connectivity index (χ3v) is 3.96. The molecule has 0 saturated carbocycles. The summed E-state index contributed by atoms with van der Waals surface area (Å²) in [4.78, 5) is 25.9. The number of carbonyl (C=O) groups excluding carboxylic acids is 2. The maximum absolute atomic E-state index is 12.3. The predicted molar refractivity (Wildman–Crippen MR) is 94.0 cm³/mol. The van der Waals surface area contributed by atoms with E-state index < -0.39 is 5.91 Å². The lowest BCUT2D eigenvalue weighted by Gasteiger charge is -2.15.